The van der Waals surface area contributed by atoms with Crippen molar-refractivity contribution < 1.29 is 19.3 Å². The monoisotopic (exact) mass is 338 g/mol. The fourth-order valence-electron chi connectivity index (χ4n) is 2.28. The second-order valence-corrected chi connectivity index (χ2v) is 5.46. The van der Waals surface area contributed by atoms with E-state index in [2.05, 4.69) is 9.97 Å². The van der Waals surface area contributed by atoms with E-state index in [9.17, 15) is 4.79 Å². The summed E-state index contributed by atoms with van der Waals surface area (Å²) in [5.41, 5.74) is 1.02. The molecule has 0 saturated heterocycles. The van der Waals surface area contributed by atoms with Crippen LogP contribution in [0.4, 0.5) is 0 Å². The Morgan fingerprint density at radius 3 is 2.72 bits per heavy atom. The quantitative estimate of drug-likeness (QED) is 0.372. The third kappa shape index (κ3) is 4.51. The molecule has 3 aromatic rings. The number of carbonyl (C=O) groups is 1. The topological polar surface area (TPSA) is 70.5 Å². The summed E-state index contributed by atoms with van der Waals surface area (Å²) in [6.07, 6.45) is 3.69. The van der Waals surface area contributed by atoms with Gasteiger partial charge >= 0.3 is 5.97 Å². The zero-order valence-corrected chi connectivity index (χ0v) is 13.8. The van der Waals surface area contributed by atoms with Gasteiger partial charge in [-0.15, -0.1) is 0 Å². The summed E-state index contributed by atoms with van der Waals surface area (Å²) in [5, 5.41) is 1.02. The molecule has 0 bridgehead atoms. The summed E-state index contributed by atoms with van der Waals surface area (Å²) in [4.78, 5) is 29.6. The molecule has 0 aliphatic heterocycles. The Labute approximate surface area is 145 Å². The normalized spacial score (nSPS) is 11.9. The van der Waals surface area contributed by atoms with Crippen molar-refractivity contribution >= 4 is 16.9 Å². The Bertz CT molecular complexity index is 834. The van der Waals surface area contributed by atoms with Crippen molar-refractivity contribution in [3.05, 3.63) is 66.6 Å². The highest BCUT2D eigenvalue weighted by molar-refractivity contribution is 5.86. The van der Waals surface area contributed by atoms with Crippen LogP contribution in [0.15, 0.2) is 60.9 Å². The number of para-hydroxylation sites is 1. The Morgan fingerprint density at radius 2 is 1.88 bits per heavy atom. The molecule has 2 aromatic heterocycles. The second kappa shape index (κ2) is 8.21. The number of fused-ring (bicyclic) bond motifs is 1. The smallest absolute Gasteiger partial charge is 0.391 e. The second-order valence-electron chi connectivity index (χ2n) is 5.46. The van der Waals surface area contributed by atoms with E-state index in [1.807, 2.05) is 37.3 Å². The molecule has 1 aromatic carbocycles. The van der Waals surface area contributed by atoms with Crippen molar-refractivity contribution in [2.75, 3.05) is 6.61 Å². The van der Waals surface area contributed by atoms with Crippen LogP contribution in [0.25, 0.3) is 10.9 Å². The molecule has 128 valence electrons. The molecule has 6 nitrogen and oxygen atoms in total. The number of benzene rings is 1. The minimum atomic E-state index is -0.618. The highest BCUT2D eigenvalue weighted by atomic mass is 17.2. The van der Waals surface area contributed by atoms with Gasteiger partial charge in [0.25, 0.3) is 0 Å². The van der Waals surface area contributed by atoms with Crippen LogP contribution in [0.1, 0.15) is 23.8 Å². The Kier molecular flexibility index (Phi) is 5.53. The zero-order chi connectivity index (χ0) is 17.5. The maximum absolute atomic E-state index is 11.7. The predicted octanol–water partition coefficient (Wildman–Crippen LogP) is 3.58. The molecule has 0 aliphatic rings. The van der Waals surface area contributed by atoms with E-state index in [0.717, 1.165) is 16.7 Å². The summed E-state index contributed by atoms with van der Waals surface area (Å²) >= 11 is 0. The van der Waals surface area contributed by atoms with Gasteiger partial charge in [0.05, 0.1) is 12.7 Å². The van der Waals surface area contributed by atoms with E-state index in [0.29, 0.717) is 6.42 Å². The van der Waals surface area contributed by atoms with Gasteiger partial charge in [-0.25, -0.2) is 9.78 Å². The van der Waals surface area contributed by atoms with Gasteiger partial charge in [0.2, 0.25) is 0 Å². The Hall–Kier alpha value is -2.99. The number of aromatic nitrogens is 2. The van der Waals surface area contributed by atoms with Crippen LogP contribution >= 0.6 is 0 Å². The van der Waals surface area contributed by atoms with Crippen molar-refractivity contribution in [1.29, 1.82) is 0 Å². The maximum Gasteiger partial charge on any atom is 0.391 e. The molecule has 0 fully saturated rings. The first-order chi connectivity index (χ1) is 12.2. The Morgan fingerprint density at radius 1 is 1.04 bits per heavy atom. The third-order valence-electron chi connectivity index (χ3n) is 3.54. The SMILES string of the molecule is CC(CCOOC(=O)c1ccccn1)Oc1cccc2cccnc12. The molecule has 1 atom stereocenters. The molecule has 0 saturated carbocycles. The molecule has 25 heavy (non-hydrogen) atoms. The van der Waals surface area contributed by atoms with Gasteiger partial charge in [0.1, 0.15) is 11.3 Å². The number of carbonyl (C=O) groups excluding carboxylic acids is 1. The first-order valence-electron chi connectivity index (χ1n) is 7.99. The number of hydrogen-bond acceptors (Lipinski definition) is 6. The molecule has 6 heteroatoms. The highest BCUT2D eigenvalue weighted by Gasteiger charge is 2.11. The van der Waals surface area contributed by atoms with Crippen molar-refractivity contribution in [2.24, 2.45) is 0 Å². The average Bonchev–Trinajstić information content (AvgIpc) is 2.66. The van der Waals surface area contributed by atoms with Crippen molar-refractivity contribution in [3.63, 3.8) is 0 Å². The maximum atomic E-state index is 11.7. The number of pyridine rings is 2. The van der Waals surface area contributed by atoms with Crippen molar-refractivity contribution in [1.82, 2.24) is 9.97 Å². The molecule has 0 N–H and O–H groups in total. The molecule has 1 unspecified atom stereocenters. The summed E-state index contributed by atoms with van der Waals surface area (Å²) in [6, 6.07) is 14.7. The van der Waals surface area contributed by atoms with Gasteiger partial charge in [-0.3, -0.25) is 9.87 Å². The lowest BCUT2D eigenvalue weighted by atomic mass is 10.2. The summed E-state index contributed by atoms with van der Waals surface area (Å²) in [6.45, 7) is 2.14. The van der Waals surface area contributed by atoms with Crippen LogP contribution in [0.5, 0.6) is 5.75 Å². The van der Waals surface area contributed by atoms with E-state index in [1.54, 1.807) is 24.4 Å². The molecule has 0 radical (unpaired) electrons. The molecule has 2 heterocycles. The fraction of sp³-hybridized carbons (Fsp3) is 0.211. The molecular formula is C19H18N2O4. The summed E-state index contributed by atoms with van der Waals surface area (Å²) in [7, 11) is 0. The molecule has 0 spiro atoms. The van der Waals surface area contributed by atoms with Gasteiger partial charge in [0.15, 0.2) is 5.69 Å². The molecule has 0 amide bonds. The number of nitrogens with zero attached hydrogens (tertiary/aromatic N) is 2. The van der Waals surface area contributed by atoms with Crippen molar-refractivity contribution in [3.8, 4) is 5.75 Å². The predicted molar refractivity (Wildman–Crippen MR) is 92.1 cm³/mol. The number of rotatable bonds is 7. The zero-order valence-electron chi connectivity index (χ0n) is 13.8. The van der Waals surface area contributed by atoms with Gasteiger partial charge < -0.3 is 4.74 Å². The largest absolute Gasteiger partial charge is 0.488 e. The number of ether oxygens (including phenoxy) is 1. The molecule has 0 aliphatic carbocycles. The van der Waals surface area contributed by atoms with Gasteiger partial charge in [-0.05, 0) is 31.2 Å². The minimum absolute atomic E-state index is 0.124. The number of hydrogen-bond donors (Lipinski definition) is 0. The minimum Gasteiger partial charge on any atom is -0.488 e. The third-order valence-corrected chi connectivity index (χ3v) is 3.54. The van der Waals surface area contributed by atoms with E-state index in [1.165, 1.54) is 6.20 Å². The first-order valence-corrected chi connectivity index (χ1v) is 7.99. The molecule has 3 rings (SSSR count). The first kappa shape index (κ1) is 16.9. The van der Waals surface area contributed by atoms with Crippen LogP contribution in [-0.4, -0.2) is 28.6 Å². The van der Waals surface area contributed by atoms with E-state index in [-0.39, 0.29) is 18.4 Å². The Balaban J connectivity index is 1.47. The van der Waals surface area contributed by atoms with Crippen LogP contribution in [0.3, 0.4) is 0 Å². The summed E-state index contributed by atoms with van der Waals surface area (Å²) < 4.78 is 5.92. The van der Waals surface area contributed by atoms with Gasteiger partial charge in [-0.1, -0.05) is 24.3 Å². The molecular weight excluding hydrogens is 320 g/mol. The van der Waals surface area contributed by atoms with Crippen LogP contribution < -0.4 is 4.74 Å². The fourth-order valence-corrected chi connectivity index (χ4v) is 2.28. The van der Waals surface area contributed by atoms with E-state index in [4.69, 9.17) is 14.5 Å². The van der Waals surface area contributed by atoms with E-state index < -0.39 is 5.97 Å². The van der Waals surface area contributed by atoms with Gasteiger partial charge in [0, 0.05) is 24.2 Å². The van der Waals surface area contributed by atoms with Crippen LogP contribution in [0, 0.1) is 0 Å². The summed E-state index contributed by atoms with van der Waals surface area (Å²) in [5.74, 6) is 0.100. The lowest BCUT2D eigenvalue weighted by molar-refractivity contribution is -0.243. The standard InChI is InChI=1S/C19H18N2O4/c1-14(10-13-23-25-19(22)16-8-2-3-11-20-16)24-17-9-4-6-15-7-5-12-21-18(15)17/h2-9,11-12,14H,10,13H2,1H3. The van der Waals surface area contributed by atoms with E-state index >= 15 is 0 Å². The lowest BCUT2D eigenvalue weighted by Gasteiger charge is -2.15. The van der Waals surface area contributed by atoms with Crippen molar-refractivity contribution in [2.45, 2.75) is 19.4 Å². The highest BCUT2D eigenvalue weighted by Crippen LogP contribution is 2.24. The average molecular weight is 338 g/mol. The van der Waals surface area contributed by atoms with Gasteiger partial charge in [-0.2, -0.15) is 4.89 Å². The van der Waals surface area contributed by atoms with Crippen LogP contribution in [0.2, 0.25) is 0 Å². The lowest BCUT2D eigenvalue weighted by Crippen LogP contribution is -2.16. The van der Waals surface area contributed by atoms with Crippen LogP contribution in [-0.2, 0) is 9.78 Å².